The highest BCUT2D eigenvalue weighted by Crippen LogP contribution is 2.17. The number of hydrogen-bond acceptors (Lipinski definition) is 2. The van der Waals surface area contributed by atoms with Gasteiger partial charge in [-0.05, 0) is 51.8 Å². The molecule has 0 saturated carbocycles. The van der Waals surface area contributed by atoms with Crippen LogP contribution < -0.4 is 5.32 Å². The maximum Gasteiger partial charge on any atom is 0.0628 e. The van der Waals surface area contributed by atoms with Crippen molar-refractivity contribution in [3.05, 3.63) is 17.0 Å². The van der Waals surface area contributed by atoms with Crippen molar-refractivity contribution < 1.29 is 0 Å². The summed E-state index contributed by atoms with van der Waals surface area (Å²) in [4.78, 5) is 0. The van der Waals surface area contributed by atoms with Crippen molar-refractivity contribution in [3.8, 4) is 0 Å². The Hall–Kier alpha value is -0.830. The summed E-state index contributed by atoms with van der Waals surface area (Å²) in [5.41, 5.74) is 3.97. The number of aromatic nitrogens is 2. The molecule has 16 heavy (non-hydrogen) atoms. The van der Waals surface area contributed by atoms with Crippen molar-refractivity contribution >= 4 is 0 Å². The SMILES string of the molecule is CCNCC(C)Cc1c(C)nn(CC)c1C. The molecule has 1 atom stereocenters. The van der Waals surface area contributed by atoms with Crippen LogP contribution in [-0.4, -0.2) is 22.9 Å². The van der Waals surface area contributed by atoms with Gasteiger partial charge in [0.15, 0.2) is 0 Å². The lowest BCUT2D eigenvalue weighted by molar-refractivity contribution is 0.519. The minimum absolute atomic E-state index is 0.673. The van der Waals surface area contributed by atoms with Gasteiger partial charge in [0, 0.05) is 12.2 Å². The summed E-state index contributed by atoms with van der Waals surface area (Å²) < 4.78 is 2.10. The molecule has 3 nitrogen and oxygen atoms in total. The van der Waals surface area contributed by atoms with Crippen LogP contribution in [0.2, 0.25) is 0 Å². The van der Waals surface area contributed by atoms with Crippen LogP contribution in [0, 0.1) is 19.8 Å². The average molecular weight is 223 g/mol. The second-order valence-electron chi connectivity index (χ2n) is 4.58. The molecule has 1 aromatic rings. The van der Waals surface area contributed by atoms with Gasteiger partial charge in [-0.15, -0.1) is 0 Å². The first-order valence-corrected chi connectivity index (χ1v) is 6.33. The van der Waals surface area contributed by atoms with E-state index in [2.05, 4.69) is 49.7 Å². The van der Waals surface area contributed by atoms with E-state index in [1.807, 2.05) is 0 Å². The van der Waals surface area contributed by atoms with Crippen molar-refractivity contribution in [3.63, 3.8) is 0 Å². The molecule has 0 aliphatic carbocycles. The van der Waals surface area contributed by atoms with Gasteiger partial charge in [-0.2, -0.15) is 5.10 Å². The van der Waals surface area contributed by atoms with Crippen LogP contribution >= 0.6 is 0 Å². The maximum atomic E-state index is 4.56. The second kappa shape index (κ2) is 6.04. The third kappa shape index (κ3) is 3.08. The zero-order valence-corrected chi connectivity index (χ0v) is 11.3. The molecule has 92 valence electrons. The Balaban J connectivity index is 2.69. The van der Waals surface area contributed by atoms with Crippen molar-refractivity contribution in [2.75, 3.05) is 13.1 Å². The van der Waals surface area contributed by atoms with Crippen LogP contribution in [0.3, 0.4) is 0 Å². The highest BCUT2D eigenvalue weighted by Gasteiger charge is 2.13. The van der Waals surface area contributed by atoms with Gasteiger partial charge in [0.1, 0.15) is 0 Å². The van der Waals surface area contributed by atoms with E-state index in [9.17, 15) is 0 Å². The number of nitrogens with zero attached hydrogens (tertiary/aromatic N) is 2. The number of rotatable bonds is 6. The molecule has 3 heteroatoms. The van der Waals surface area contributed by atoms with Crippen molar-refractivity contribution in [1.29, 1.82) is 0 Å². The first kappa shape index (κ1) is 13.2. The second-order valence-corrected chi connectivity index (χ2v) is 4.58. The largest absolute Gasteiger partial charge is 0.317 e. The van der Waals surface area contributed by atoms with Gasteiger partial charge in [0.2, 0.25) is 0 Å². The van der Waals surface area contributed by atoms with Crippen LogP contribution in [-0.2, 0) is 13.0 Å². The average Bonchev–Trinajstić information content (AvgIpc) is 2.53. The van der Waals surface area contributed by atoms with Gasteiger partial charge in [-0.1, -0.05) is 13.8 Å². The van der Waals surface area contributed by atoms with Crippen molar-refractivity contribution in [1.82, 2.24) is 15.1 Å². The highest BCUT2D eigenvalue weighted by molar-refractivity contribution is 5.25. The molecule has 0 amide bonds. The minimum atomic E-state index is 0.673. The zero-order chi connectivity index (χ0) is 12.1. The fraction of sp³-hybridized carbons (Fsp3) is 0.769. The van der Waals surface area contributed by atoms with E-state index < -0.39 is 0 Å². The van der Waals surface area contributed by atoms with E-state index in [0.29, 0.717) is 5.92 Å². The molecule has 1 heterocycles. The van der Waals surface area contributed by atoms with E-state index in [1.165, 1.54) is 17.0 Å². The molecule has 1 rings (SSSR count). The van der Waals surface area contributed by atoms with Gasteiger partial charge < -0.3 is 5.32 Å². The van der Waals surface area contributed by atoms with Crippen LogP contribution in [0.4, 0.5) is 0 Å². The molecule has 1 N–H and O–H groups in total. The Morgan fingerprint density at radius 2 is 2.00 bits per heavy atom. The Labute approximate surface area is 99.2 Å². The van der Waals surface area contributed by atoms with Gasteiger partial charge in [-0.25, -0.2) is 0 Å². The predicted octanol–water partition coefficient (Wildman–Crippen LogP) is 2.31. The molecule has 0 aliphatic heterocycles. The maximum absolute atomic E-state index is 4.56. The first-order chi connectivity index (χ1) is 7.60. The summed E-state index contributed by atoms with van der Waals surface area (Å²) >= 11 is 0. The standard InChI is InChI=1S/C13H25N3/c1-6-14-9-10(3)8-13-11(4)15-16(7-2)12(13)5/h10,14H,6-9H2,1-5H3. The van der Waals surface area contributed by atoms with E-state index in [1.54, 1.807) is 0 Å². The molecule has 0 saturated heterocycles. The summed E-state index contributed by atoms with van der Waals surface area (Å²) in [5, 5.41) is 7.96. The summed E-state index contributed by atoms with van der Waals surface area (Å²) in [6.07, 6.45) is 1.13. The molecule has 1 aromatic heterocycles. The summed E-state index contributed by atoms with van der Waals surface area (Å²) in [6, 6.07) is 0. The molecular formula is C13H25N3. The minimum Gasteiger partial charge on any atom is -0.317 e. The van der Waals surface area contributed by atoms with E-state index in [0.717, 1.165) is 26.1 Å². The fourth-order valence-electron chi connectivity index (χ4n) is 2.15. The Kier molecular flexibility index (Phi) is 5.00. The van der Waals surface area contributed by atoms with Gasteiger partial charge in [0.05, 0.1) is 5.69 Å². The summed E-state index contributed by atoms with van der Waals surface area (Å²) in [5.74, 6) is 0.673. The lowest BCUT2D eigenvalue weighted by Crippen LogP contribution is -2.22. The van der Waals surface area contributed by atoms with E-state index in [4.69, 9.17) is 0 Å². The van der Waals surface area contributed by atoms with Crippen LogP contribution in [0.25, 0.3) is 0 Å². The molecule has 0 spiro atoms. The third-order valence-electron chi connectivity index (χ3n) is 3.13. The Morgan fingerprint density at radius 1 is 1.31 bits per heavy atom. The lowest BCUT2D eigenvalue weighted by Gasteiger charge is -2.12. The monoisotopic (exact) mass is 223 g/mol. The lowest BCUT2D eigenvalue weighted by atomic mass is 9.99. The summed E-state index contributed by atoms with van der Waals surface area (Å²) in [6.45, 7) is 14.0. The van der Waals surface area contributed by atoms with Crippen molar-refractivity contribution in [2.24, 2.45) is 5.92 Å². The Morgan fingerprint density at radius 3 is 2.50 bits per heavy atom. The quantitative estimate of drug-likeness (QED) is 0.802. The molecule has 0 bridgehead atoms. The van der Waals surface area contributed by atoms with E-state index >= 15 is 0 Å². The molecule has 0 aromatic carbocycles. The van der Waals surface area contributed by atoms with Gasteiger partial charge in [-0.3, -0.25) is 4.68 Å². The topological polar surface area (TPSA) is 29.9 Å². The molecule has 0 radical (unpaired) electrons. The zero-order valence-electron chi connectivity index (χ0n) is 11.3. The number of nitrogens with one attached hydrogen (secondary N) is 1. The fourth-order valence-corrected chi connectivity index (χ4v) is 2.15. The van der Waals surface area contributed by atoms with Crippen LogP contribution in [0.1, 0.15) is 37.7 Å². The predicted molar refractivity (Wildman–Crippen MR) is 68.8 cm³/mol. The van der Waals surface area contributed by atoms with Crippen LogP contribution in [0.5, 0.6) is 0 Å². The van der Waals surface area contributed by atoms with Crippen LogP contribution in [0.15, 0.2) is 0 Å². The normalized spacial score (nSPS) is 13.1. The van der Waals surface area contributed by atoms with Gasteiger partial charge >= 0.3 is 0 Å². The van der Waals surface area contributed by atoms with Gasteiger partial charge in [0.25, 0.3) is 0 Å². The molecule has 0 fully saturated rings. The number of aryl methyl sites for hydroxylation is 2. The Bertz CT molecular complexity index is 328. The van der Waals surface area contributed by atoms with E-state index in [-0.39, 0.29) is 0 Å². The van der Waals surface area contributed by atoms with Crippen molar-refractivity contribution in [2.45, 2.75) is 47.6 Å². The third-order valence-corrected chi connectivity index (χ3v) is 3.13. The highest BCUT2D eigenvalue weighted by atomic mass is 15.3. The molecule has 1 unspecified atom stereocenters. The first-order valence-electron chi connectivity index (χ1n) is 6.33. The smallest absolute Gasteiger partial charge is 0.0628 e. The molecule has 0 aliphatic rings. The number of hydrogen-bond donors (Lipinski definition) is 1. The summed E-state index contributed by atoms with van der Waals surface area (Å²) in [7, 11) is 0. The molecular weight excluding hydrogens is 198 g/mol.